The Morgan fingerprint density at radius 3 is 2.61 bits per heavy atom. The third kappa shape index (κ3) is 6.39. The lowest BCUT2D eigenvalue weighted by molar-refractivity contribution is 0.110. The monoisotopic (exact) mass is 252 g/mol. The van der Waals surface area contributed by atoms with E-state index in [9.17, 15) is 0 Å². The molecule has 0 aliphatic rings. The Hall–Kier alpha value is -1.36. The van der Waals surface area contributed by atoms with Crippen LogP contribution >= 0.6 is 0 Å². The highest BCUT2D eigenvalue weighted by Crippen LogP contribution is 2.07. The number of ether oxygens (including phenoxy) is 1. The van der Waals surface area contributed by atoms with Gasteiger partial charge in [0.05, 0.1) is 0 Å². The van der Waals surface area contributed by atoms with E-state index in [2.05, 4.69) is 34.4 Å². The van der Waals surface area contributed by atoms with Gasteiger partial charge in [-0.05, 0) is 19.3 Å². The lowest BCUT2D eigenvalue weighted by Crippen LogP contribution is -2.10. The van der Waals surface area contributed by atoms with Gasteiger partial charge in [-0.15, -0.1) is 0 Å². The SMILES string of the molecule is CCNc1cc(NCCCOCC(C)C)ncn1. The molecule has 0 saturated heterocycles. The summed E-state index contributed by atoms with van der Waals surface area (Å²) in [6, 6.07) is 1.92. The van der Waals surface area contributed by atoms with Gasteiger partial charge in [-0.3, -0.25) is 0 Å². The van der Waals surface area contributed by atoms with Crippen LogP contribution in [0.4, 0.5) is 11.6 Å². The Balaban J connectivity index is 2.16. The van der Waals surface area contributed by atoms with Crippen molar-refractivity contribution in [1.29, 1.82) is 0 Å². The summed E-state index contributed by atoms with van der Waals surface area (Å²) < 4.78 is 5.51. The molecule has 5 heteroatoms. The third-order valence-electron chi connectivity index (χ3n) is 2.25. The van der Waals surface area contributed by atoms with Gasteiger partial charge in [-0.25, -0.2) is 9.97 Å². The minimum absolute atomic E-state index is 0.600. The zero-order valence-electron chi connectivity index (χ0n) is 11.6. The number of rotatable bonds is 9. The average Bonchev–Trinajstić information content (AvgIpc) is 2.34. The second kappa shape index (κ2) is 8.69. The van der Waals surface area contributed by atoms with E-state index in [1.807, 2.05) is 13.0 Å². The Morgan fingerprint density at radius 1 is 1.22 bits per heavy atom. The van der Waals surface area contributed by atoms with Crippen LogP contribution < -0.4 is 10.6 Å². The van der Waals surface area contributed by atoms with Crippen molar-refractivity contribution in [3.8, 4) is 0 Å². The van der Waals surface area contributed by atoms with Crippen molar-refractivity contribution in [3.63, 3.8) is 0 Å². The first-order chi connectivity index (χ1) is 8.72. The number of nitrogens with one attached hydrogen (secondary N) is 2. The second-order valence-corrected chi connectivity index (χ2v) is 4.57. The van der Waals surface area contributed by atoms with Gasteiger partial charge in [0.2, 0.25) is 0 Å². The quantitative estimate of drug-likeness (QED) is 0.661. The Labute approximate surface area is 109 Å². The van der Waals surface area contributed by atoms with Crippen molar-refractivity contribution < 1.29 is 4.74 Å². The fraction of sp³-hybridized carbons (Fsp3) is 0.692. The van der Waals surface area contributed by atoms with E-state index < -0.39 is 0 Å². The van der Waals surface area contributed by atoms with E-state index in [0.717, 1.165) is 44.4 Å². The van der Waals surface area contributed by atoms with E-state index in [1.54, 1.807) is 6.33 Å². The molecule has 5 nitrogen and oxygen atoms in total. The number of hydrogen-bond acceptors (Lipinski definition) is 5. The third-order valence-corrected chi connectivity index (χ3v) is 2.25. The van der Waals surface area contributed by atoms with E-state index in [0.29, 0.717) is 5.92 Å². The predicted molar refractivity (Wildman–Crippen MR) is 75.0 cm³/mol. The van der Waals surface area contributed by atoms with Gasteiger partial charge in [-0.2, -0.15) is 0 Å². The molecule has 1 heterocycles. The van der Waals surface area contributed by atoms with E-state index in [4.69, 9.17) is 4.74 Å². The van der Waals surface area contributed by atoms with Gasteiger partial charge in [0.1, 0.15) is 18.0 Å². The maximum absolute atomic E-state index is 5.51. The lowest BCUT2D eigenvalue weighted by Gasteiger charge is -2.09. The molecule has 0 aliphatic heterocycles. The zero-order valence-corrected chi connectivity index (χ0v) is 11.6. The first-order valence-electron chi connectivity index (χ1n) is 6.60. The molecule has 0 fully saturated rings. The summed E-state index contributed by atoms with van der Waals surface area (Å²) in [4.78, 5) is 8.28. The van der Waals surface area contributed by atoms with Gasteiger partial charge in [0.15, 0.2) is 0 Å². The van der Waals surface area contributed by atoms with Gasteiger partial charge in [0.25, 0.3) is 0 Å². The second-order valence-electron chi connectivity index (χ2n) is 4.57. The molecule has 0 amide bonds. The maximum atomic E-state index is 5.51. The molecule has 1 aromatic rings. The highest BCUT2D eigenvalue weighted by Gasteiger charge is 1.97. The molecule has 0 unspecified atom stereocenters. The average molecular weight is 252 g/mol. The topological polar surface area (TPSA) is 59.1 Å². The molecular formula is C13H24N4O. The van der Waals surface area contributed by atoms with Crippen molar-refractivity contribution in [3.05, 3.63) is 12.4 Å². The van der Waals surface area contributed by atoms with Crippen LogP contribution in [0.25, 0.3) is 0 Å². The lowest BCUT2D eigenvalue weighted by atomic mass is 10.2. The van der Waals surface area contributed by atoms with Crippen molar-refractivity contribution >= 4 is 11.6 Å². The minimum atomic E-state index is 0.600. The highest BCUT2D eigenvalue weighted by molar-refractivity contribution is 5.46. The normalized spacial score (nSPS) is 10.7. The van der Waals surface area contributed by atoms with Crippen LogP contribution in [0.2, 0.25) is 0 Å². The first-order valence-corrected chi connectivity index (χ1v) is 6.60. The maximum Gasteiger partial charge on any atom is 0.131 e. The van der Waals surface area contributed by atoms with E-state index in [1.165, 1.54) is 0 Å². The minimum Gasteiger partial charge on any atom is -0.381 e. The molecular weight excluding hydrogens is 228 g/mol. The predicted octanol–water partition coefficient (Wildman–Crippen LogP) is 2.38. The number of hydrogen-bond donors (Lipinski definition) is 2. The molecule has 0 radical (unpaired) electrons. The smallest absolute Gasteiger partial charge is 0.131 e. The van der Waals surface area contributed by atoms with Crippen LogP contribution in [0.1, 0.15) is 27.2 Å². The molecule has 0 aromatic carbocycles. The standard InChI is InChI=1S/C13H24N4O/c1-4-14-12-8-13(17-10-16-12)15-6-5-7-18-9-11(2)3/h8,10-11H,4-7,9H2,1-3H3,(H2,14,15,16,17). The van der Waals surface area contributed by atoms with Gasteiger partial charge in [0, 0.05) is 32.4 Å². The molecule has 0 saturated carbocycles. The molecule has 0 spiro atoms. The highest BCUT2D eigenvalue weighted by atomic mass is 16.5. The van der Waals surface area contributed by atoms with Crippen LogP contribution in [0.15, 0.2) is 12.4 Å². The largest absolute Gasteiger partial charge is 0.381 e. The van der Waals surface area contributed by atoms with Crippen molar-refractivity contribution in [2.45, 2.75) is 27.2 Å². The Kier molecular flexibility index (Phi) is 7.10. The summed E-state index contributed by atoms with van der Waals surface area (Å²) in [5, 5.41) is 6.42. The summed E-state index contributed by atoms with van der Waals surface area (Å²) in [6.07, 6.45) is 2.54. The summed E-state index contributed by atoms with van der Waals surface area (Å²) >= 11 is 0. The molecule has 1 aromatic heterocycles. The molecule has 2 N–H and O–H groups in total. The van der Waals surface area contributed by atoms with Crippen LogP contribution in [0.3, 0.4) is 0 Å². The summed E-state index contributed by atoms with van der Waals surface area (Å²) in [7, 11) is 0. The number of nitrogens with zero attached hydrogens (tertiary/aromatic N) is 2. The number of aromatic nitrogens is 2. The molecule has 0 atom stereocenters. The van der Waals surface area contributed by atoms with Crippen LogP contribution in [-0.2, 0) is 4.74 Å². The van der Waals surface area contributed by atoms with Gasteiger partial charge < -0.3 is 15.4 Å². The fourth-order valence-corrected chi connectivity index (χ4v) is 1.44. The fourth-order valence-electron chi connectivity index (χ4n) is 1.44. The summed E-state index contributed by atoms with van der Waals surface area (Å²) in [5.41, 5.74) is 0. The van der Waals surface area contributed by atoms with Crippen molar-refractivity contribution in [2.24, 2.45) is 5.92 Å². The van der Waals surface area contributed by atoms with Gasteiger partial charge in [-0.1, -0.05) is 13.8 Å². The van der Waals surface area contributed by atoms with Crippen molar-refractivity contribution in [2.75, 3.05) is 36.9 Å². The Morgan fingerprint density at radius 2 is 1.94 bits per heavy atom. The van der Waals surface area contributed by atoms with E-state index >= 15 is 0 Å². The summed E-state index contributed by atoms with van der Waals surface area (Å²) in [5.74, 6) is 2.30. The summed E-state index contributed by atoms with van der Waals surface area (Å²) in [6.45, 7) is 9.69. The number of anilines is 2. The Bertz CT molecular complexity index is 331. The molecule has 1 rings (SSSR count). The van der Waals surface area contributed by atoms with Crippen LogP contribution in [0, 0.1) is 5.92 Å². The van der Waals surface area contributed by atoms with Crippen molar-refractivity contribution in [1.82, 2.24) is 9.97 Å². The van der Waals surface area contributed by atoms with Gasteiger partial charge >= 0.3 is 0 Å². The zero-order chi connectivity index (χ0) is 13.2. The van der Waals surface area contributed by atoms with Crippen LogP contribution in [-0.4, -0.2) is 36.3 Å². The molecule has 18 heavy (non-hydrogen) atoms. The molecule has 102 valence electrons. The van der Waals surface area contributed by atoms with Crippen LogP contribution in [0.5, 0.6) is 0 Å². The van der Waals surface area contributed by atoms with E-state index in [-0.39, 0.29) is 0 Å². The first kappa shape index (κ1) is 14.7. The molecule has 0 aliphatic carbocycles. The molecule has 0 bridgehead atoms.